The van der Waals surface area contributed by atoms with Crippen molar-refractivity contribution in [1.82, 2.24) is 5.32 Å². The van der Waals surface area contributed by atoms with Gasteiger partial charge in [-0.05, 0) is 111 Å². The Labute approximate surface area is 270 Å². The summed E-state index contributed by atoms with van der Waals surface area (Å²) in [5, 5.41) is 18.8. The number of aliphatic hydroxyl groups is 1. The van der Waals surface area contributed by atoms with Crippen LogP contribution in [0.4, 0.5) is 0 Å². The molecule has 45 heavy (non-hydrogen) atoms. The number of amides is 1. The molecule has 1 aromatic rings. The highest BCUT2D eigenvalue weighted by atomic mass is 16.6. The molecule has 0 aromatic heterocycles. The SMILES string of the molecule is C#C[C@]1(O)CC[C@@H]2[C@@H]3CCC4=CC(=NOCC(=O)NCC[C@]5(c6ccccc6)CCO[C@H](C(C)C)C5)CC[C@@]4(C)[C@H]3CC[C@]21C. The lowest BCUT2D eigenvalue weighted by atomic mass is 9.46. The number of nitrogens with zero attached hydrogens (tertiary/aromatic N) is 1. The number of allylic oxidation sites excluding steroid dienone is 2. The summed E-state index contributed by atoms with van der Waals surface area (Å²) in [7, 11) is 0. The summed E-state index contributed by atoms with van der Waals surface area (Å²) in [5.74, 6) is 4.86. The Morgan fingerprint density at radius 2 is 1.89 bits per heavy atom. The molecule has 3 saturated carbocycles. The molecule has 244 valence electrons. The summed E-state index contributed by atoms with van der Waals surface area (Å²) in [4.78, 5) is 18.4. The number of hydrogen-bond acceptors (Lipinski definition) is 5. The fraction of sp³-hybridized carbons (Fsp3) is 0.692. The van der Waals surface area contributed by atoms with Crippen LogP contribution in [0, 0.1) is 46.8 Å². The third kappa shape index (κ3) is 5.78. The molecule has 5 aliphatic rings. The van der Waals surface area contributed by atoms with Gasteiger partial charge in [-0.1, -0.05) is 74.7 Å². The lowest BCUT2D eigenvalue weighted by Crippen LogP contribution is -2.54. The lowest BCUT2D eigenvalue weighted by Gasteiger charge is -2.58. The van der Waals surface area contributed by atoms with Crippen molar-refractivity contribution in [2.45, 2.75) is 115 Å². The minimum atomic E-state index is -0.958. The first kappa shape index (κ1) is 32.3. The second-order valence-corrected chi connectivity index (χ2v) is 15.7. The first-order chi connectivity index (χ1) is 21.5. The minimum Gasteiger partial charge on any atom is -0.385 e. The van der Waals surface area contributed by atoms with Crippen molar-refractivity contribution < 1.29 is 19.5 Å². The number of carbonyl (C=O) groups excluding carboxylic acids is 1. The van der Waals surface area contributed by atoms with E-state index in [-0.39, 0.29) is 34.9 Å². The second kappa shape index (κ2) is 12.5. The van der Waals surface area contributed by atoms with Gasteiger partial charge in [0.15, 0.2) is 6.61 Å². The number of ether oxygens (including phenoxy) is 1. The number of nitrogens with one attached hydrogen (secondary N) is 1. The largest absolute Gasteiger partial charge is 0.385 e. The number of oxime groups is 1. The number of rotatable bonds is 8. The molecular weight excluding hydrogens is 560 g/mol. The quantitative estimate of drug-likeness (QED) is 0.245. The molecule has 1 aliphatic heterocycles. The Kier molecular flexibility index (Phi) is 9.00. The van der Waals surface area contributed by atoms with E-state index < -0.39 is 5.60 Å². The summed E-state index contributed by atoms with van der Waals surface area (Å²) in [6, 6.07) is 10.7. The van der Waals surface area contributed by atoms with Crippen LogP contribution in [0.1, 0.15) is 104 Å². The first-order valence-corrected chi connectivity index (χ1v) is 17.6. The molecule has 4 fully saturated rings. The van der Waals surface area contributed by atoms with Crippen molar-refractivity contribution in [3.63, 3.8) is 0 Å². The Balaban J connectivity index is 1.03. The molecule has 2 N–H and O–H groups in total. The summed E-state index contributed by atoms with van der Waals surface area (Å²) >= 11 is 0. The third-order valence-electron chi connectivity index (χ3n) is 13.3. The maximum Gasteiger partial charge on any atom is 0.260 e. The van der Waals surface area contributed by atoms with Gasteiger partial charge in [-0.15, -0.1) is 6.42 Å². The molecule has 1 saturated heterocycles. The molecule has 0 spiro atoms. The average Bonchev–Trinajstić information content (AvgIpc) is 3.32. The van der Waals surface area contributed by atoms with Crippen molar-refractivity contribution in [2.75, 3.05) is 19.8 Å². The highest BCUT2D eigenvalue weighted by molar-refractivity contribution is 5.96. The standard InChI is InChI=1S/C39H54N2O4/c1-6-39(43)19-16-33-31-13-12-29-24-30(14-17-36(29,4)32(31)15-18-37(33,39)5)41-45-26-35(42)40-22-20-38(28-10-8-7-9-11-28)21-23-44-34(25-38)27(2)3/h1,7-11,24,27,31-34,43H,12-23,25-26H2,2-5H3,(H,40,42)/t31-,32+,33-,34+,36-,37-,38+,39+/m1/s1. The van der Waals surface area contributed by atoms with E-state index in [2.05, 4.69) is 80.5 Å². The van der Waals surface area contributed by atoms with E-state index in [1.165, 1.54) is 11.1 Å². The molecule has 8 atom stereocenters. The van der Waals surface area contributed by atoms with Crippen molar-refractivity contribution in [3.05, 3.63) is 47.5 Å². The van der Waals surface area contributed by atoms with Gasteiger partial charge in [0.2, 0.25) is 0 Å². The Hall–Kier alpha value is -2.62. The monoisotopic (exact) mass is 614 g/mol. The van der Waals surface area contributed by atoms with E-state index >= 15 is 0 Å². The fourth-order valence-electron chi connectivity index (χ4n) is 10.4. The van der Waals surface area contributed by atoms with E-state index in [0.29, 0.717) is 30.2 Å². The van der Waals surface area contributed by atoms with Crippen LogP contribution in [-0.4, -0.2) is 48.2 Å². The van der Waals surface area contributed by atoms with E-state index in [0.717, 1.165) is 82.9 Å². The molecule has 0 radical (unpaired) electrons. The van der Waals surface area contributed by atoms with Gasteiger partial charge in [0.1, 0.15) is 5.60 Å². The van der Waals surface area contributed by atoms with Crippen LogP contribution in [0.3, 0.4) is 0 Å². The summed E-state index contributed by atoms with van der Waals surface area (Å²) in [6.07, 6.45) is 19.2. The van der Waals surface area contributed by atoms with Crippen molar-refractivity contribution in [3.8, 4) is 12.3 Å². The van der Waals surface area contributed by atoms with Crippen molar-refractivity contribution in [2.24, 2.45) is 39.7 Å². The van der Waals surface area contributed by atoms with E-state index in [1.807, 2.05) is 0 Å². The van der Waals surface area contributed by atoms with Gasteiger partial charge in [-0.2, -0.15) is 0 Å². The molecule has 1 heterocycles. The van der Waals surface area contributed by atoms with E-state index in [4.69, 9.17) is 16.0 Å². The number of fused-ring (bicyclic) bond motifs is 5. The van der Waals surface area contributed by atoms with Crippen LogP contribution >= 0.6 is 0 Å². The Morgan fingerprint density at radius 1 is 1.11 bits per heavy atom. The predicted molar refractivity (Wildman–Crippen MR) is 178 cm³/mol. The number of benzene rings is 1. The molecule has 0 bridgehead atoms. The smallest absolute Gasteiger partial charge is 0.260 e. The van der Waals surface area contributed by atoms with E-state index in [9.17, 15) is 9.90 Å². The number of carbonyl (C=O) groups is 1. The molecular formula is C39H54N2O4. The average molecular weight is 615 g/mol. The molecule has 4 aliphatic carbocycles. The highest BCUT2D eigenvalue weighted by Gasteiger charge is 2.63. The third-order valence-corrected chi connectivity index (χ3v) is 13.3. The highest BCUT2D eigenvalue weighted by Crippen LogP contribution is 2.67. The van der Waals surface area contributed by atoms with Gasteiger partial charge in [0.05, 0.1) is 11.8 Å². The fourth-order valence-corrected chi connectivity index (χ4v) is 10.4. The molecule has 0 unspecified atom stereocenters. The summed E-state index contributed by atoms with van der Waals surface area (Å²) in [6.45, 7) is 10.4. The van der Waals surface area contributed by atoms with Gasteiger partial charge in [0.25, 0.3) is 5.91 Å². The lowest BCUT2D eigenvalue weighted by molar-refractivity contribution is -0.125. The Morgan fingerprint density at radius 3 is 2.64 bits per heavy atom. The zero-order valence-corrected chi connectivity index (χ0v) is 27.9. The van der Waals surface area contributed by atoms with Crippen LogP contribution in [0.15, 0.2) is 47.1 Å². The van der Waals surface area contributed by atoms with E-state index in [1.54, 1.807) is 0 Å². The molecule has 6 rings (SSSR count). The van der Waals surface area contributed by atoms with Crippen molar-refractivity contribution in [1.29, 1.82) is 0 Å². The van der Waals surface area contributed by atoms with Crippen LogP contribution in [-0.2, 0) is 19.8 Å². The predicted octanol–water partition coefficient (Wildman–Crippen LogP) is 6.97. The van der Waals surface area contributed by atoms with Gasteiger partial charge >= 0.3 is 0 Å². The van der Waals surface area contributed by atoms with Gasteiger partial charge in [-0.3, -0.25) is 4.79 Å². The number of terminal acetylenes is 1. The molecule has 1 amide bonds. The van der Waals surface area contributed by atoms with Crippen molar-refractivity contribution >= 4 is 11.6 Å². The zero-order valence-electron chi connectivity index (χ0n) is 27.9. The van der Waals surface area contributed by atoms with Crippen LogP contribution < -0.4 is 5.32 Å². The van der Waals surface area contributed by atoms with Gasteiger partial charge in [0, 0.05) is 24.0 Å². The maximum absolute atomic E-state index is 12.8. The summed E-state index contributed by atoms with van der Waals surface area (Å²) < 4.78 is 6.11. The number of hydrogen-bond donors (Lipinski definition) is 2. The topological polar surface area (TPSA) is 80.2 Å². The van der Waals surface area contributed by atoms with Crippen LogP contribution in [0.25, 0.3) is 0 Å². The van der Waals surface area contributed by atoms with Crippen LogP contribution in [0.5, 0.6) is 0 Å². The molecule has 6 nitrogen and oxygen atoms in total. The Bertz CT molecular complexity index is 1350. The summed E-state index contributed by atoms with van der Waals surface area (Å²) in [5.41, 5.74) is 2.80. The molecule has 6 heteroatoms. The second-order valence-electron chi connectivity index (χ2n) is 15.7. The zero-order chi connectivity index (χ0) is 31.9. The first-order valence-electron chi connectivity index (χ1n) is 17.6. The van der Waals surface area contributed by atoms with Gasteiger partial charge < -0.3 is 20.0 Å². The maximum atomic E-state index is 12.8. The van der Waals surface area contributed by atoms with Crippen LogP contribution in [0.2, 0.25) is 0 Å². The molecule has 1 aromatic carbocycles. The normalized spacial score (nSPS) is 40.1. The van der Waals surface area contributed by atoms with Gasteiger partial charge in [-0.25, -0.2) is 0 Å². The minimum absolute atomic E-state index is 0.00000715.